The summed E-state index contributed by atoms with van der Waals surface area (Å²) < 4.78 is 29.8. The Labute approximate surface area is 128 Å². The molecule has 1 amide bonds. The summed E-state index contributed by atoms with van der Waals surface area (Å²) in [5.41, 5.74) is 0.667. The lowest BCUT2D eigenvalue weighted by Gasteiger charge is -2.29. The van der Waals surface area contributed by atoms with Gasteiger partial charge in [-0.2, -0.15) is 5.10 Å². The van der Waals surface area contributed by atoms with E-state index in [9.17, 15) is 13.2 Å². The second-order valence-corrected chi connectivity index (χ2v) is 7.50. The Morgan fingerprint density at radius 2 is 1.90 bits per heavy atom. The van der Waals surface area contributed by atoms with Gasteiger partial charge in [-0.3, -0.25) is 9.48 Å². The van der Waals surface area contributed by atoms with Crippen LogP contribution in [0.25, 0.3) is 0 Å². The minimum absolute atomic E-state index is 0.0224. The number of hydrogen-bond acceptors (Lipinski definition) is 5. The largest absolute Gasteiger partial charge is 0.378 e. The molecule has 1 fully saturated rings. The maximum Gasteiger partial charge on any atom is 0.264 e. The van der Waals surface area contributed by atoms with Crippen LogP contribution in [-0.4, -0.2) is 55.3 Å². The van der Waals surface area contributed by atoms with Gasteiger partial charge in [0.15, 0.2) is 0 Å². The van der Waals surface area contributed by atoms with E-state index < -0.39 is 15.1 Å². The van der Waals surface area contributed by atoms with Gasteiger partial charge in [0.05, 0.1) is 24.6 Å². The molecule has 0 bridgehead atoms. The van der Waals surface area contributed by atoms with E-state index in [4.69, 9.17) is 15.4 Å². The van der Waals surface area contributed by atoms with E-state index in [0.717, 1.165) is 0 Å². The molecule has 2 rings (SSSR count). The van der Waals surface area contributed by atoms with Crippen LogP contribution in [0.5, 0.6) is 0 Å². The van der Waals surface area contributed by atoms with Crippen molar-refractivity contribution in [2.45, 2.75) is 31.7 Å². The van der Waals surface area contributed by atoms with Crippen molar-refractivity contribution in [3.63, 3.8) is 0 Å². The van der Waals surface area contributed by atoms with Crippen molar-refractivity contribution in [2.24, 2.45) is 0 Å². The van der Waals surface area contributed by atoms with Gasteiger partial charge < -0.3 is 9.64 Å². The van der Waals surface area contributed by atoms with Gasteiger partial charge in [-0.25, -0.2) is 8.42 Å². The van der Waals surface area contributed by atoms with Crippen LogP contribution in [0.3, 0.4) is 0 Å². The molecule has 1 unspecified atom stereocenters. The Hall–Kier alpha value is -1.12. The van der Waals surface area contributed by atoms with E-state index in [2.05, 4.69) is 5.10 Å². The Morgan fingerprint density at radius 3 is 2.38 bits per heavy atom. The smallest absolute Gasteiger partial charge is 0.264 e. The normalized spacial score (nSPS) is 17.8. The number of aryl methyl sites for hydroxylation is 1. The highest BCUT2D eigenvalue weighted by molar-refractivity contribution is 8.13. The van der Waals surface area contributed by atoms with E-state index in [1.165, 1.54) is 4.68 Å². The van der Waals surface area contributed by atoms with Gasteiger partial charge in [0.1, 0.15) is 10.9 Å². The maximum absolute atomic E-state index is 12.4. The van der Waals surface area contributed by atoms with Crippen molar-refractivity contribution in [1.82, 2.24) is 14.7 Å². The first-order valence-corrected chi connectivity index (χ1v) is 8.91. The number of rotatable bonds is 3. The molecule has 1 aromatic heterocycles. The molecule has 0 aromatic carbocycles. The SMILES string of the molecule is Cc1nn(C(C)C(=O)N2CCOCC2)c(C)c1S(=O)(=O)Cl. The Kier molecular flexibility index (Phi) is 4.60. The highest BCUT2D eigenvalue weighted by Gasteiger charge is 2.29. The molecule has 21 heavy (non-hydrogen) atoms. The molecular formula is C12H18ClN3O4S. The van der Waals surface area contributed by atoms with Crippen molar-refractivity contribution in [1.29, 1.82) is 0 Å². The number of amides is 1. The number of aromatic nitrogens is 2. The first kappa shape index (κ1) is 16.3. The molecule has 0 aliphatic carbocycles. The molecule has 0 radical (unpaired) electrons. The summed E-state index contributed by atoms with van der Waals surface area (Å²) in [4.78, 5) is 14.1. The summed E-state index contributed by atoms with van der Waals surface area (Å²) in [7, 11) is 1.54. The predicted octanol–water partition coefficient (Wildman–Crippen LogP) is 0.847. The first-order chi connectivity index (χ1) is 9.73. The molecule has 1 atom stereocenters. The topological polar surface area (TPSA) is 81.5 Å². The van der Waals surface area contributed by atoms with Crippen LogP contribution in [0, 0.1) is 13.8 Å². The molecule has 0 N–H and O–H groups in total. The van der Waals surface area contributed by atoms with Crippen LogP contribution in [0.1, 0.15) is 24.4 Å². The van der Waals surface area contributed by atoms with Gasteiger partial charge in [0.2, 0.25) is 5.91 Å². The molecular weight excluding hydrogens is 318 g/mol. The number of ether oxygens (including phenoxy) is 1. The third-order valence-corrected chi connectivity index (χ3v) is 5.09. The number of hydrogen-bond donors (Lipinski definition) is 0. The lowest BCUT2D eigenvalue weighted by atomic mass is 10.2. The fourth-order valence-corrected chi connectivity index (χ4v) is 4.04. The second kappa shape index (κ2) is 5.94. The van der Waals surface area contributed by atoms with Crippen LogP contribution < -0.4 is 0 Å². The van der Waals surface area contributed by atoms with Gasteiger partial charge in [0, 0.05) is 23.8 Å². The number of morpholine rings is 1. The molecule has 1 saturated heterocycles. The highest BCUT2D eigenvalue weighted by atomic mass is 35.7. The van der Waals surface area contributed by atoms with Crippen molar-refractivity contribution in [2.75, 3.05) is 26.3 Å². The third kappa shape index (κ3) is 3.22. The van der Waals surface area contributed by atoms with Crippen LogP contribution in [0.15, 0.2) is 4.90 Å². The molecule has 0 spiro atoms. The molecule has 2 heterocycles. The average molecular weight is 336 g/mol. The van der Waals surface area contributed by atoms with Gasteiger partial charge >= 0.3 is 0 Å². The van der Waals surface area contributed by atoms with Crippen LogP contribution in [-0.2, 0) is 18.6 Å². The number of carbonyl (C=O) groups excluding carboxylic acids is 1. The zero-order chi connectivity index (χ0) is 15.8. The van der Waals surface area contributed by atoms with E-state index in [0.29, 0.717) is 37.7 Å². The third-order valence-electron chi connectivity index (χ3n) is 3.55. The summed E-state index contributed by atoms with van der Waals surface area (Å²) in [5.74, 6) is -0.109. The number of halogens is 1. The first-order valence-electron chi connectivity index (χ1n) is 6.60. The summed E-state index contributed by atoms with van der Waals surface area (Å²) in [6.45, 7) is 6.94. The summed E-state index contributed by atoms with van der Waals surface area (Å²) >= 11 is 0. The van der Waals surface area contributed by atoms with Crippen molar-refractivity contribution < 1.29 is 17.9 Å². The summed E-state index contributed by atoms with van der Waals surface area (Å²) in [5, 5.41) is 4.17. The molecule has 1 aliphatic heterocycles. The summed E-state index contributed by atoms with van der Waals surface area (Å²) in [6, 6.07) is -0.589. The van der Waals surface area contributed by atoms with E-state index in [1.54, 1.807) is 25.7 Å². The predicted molar refractivity (Wildman–Crippen MR) is 76.8 cm³/mol. The zero-order valence-electron chi connectivity index (χ0n) is 12.2. The minimum atomic E-state index is -3.88. The fraction of sp³-hybridized carbons (Fsp3) is 0.667. The van der Waals surface area contributed by atoms with Crippen molar-refractivity contribution in [3.05, 3.63) is 11.4 Å². The lowest BCUT2D eigenvalue weighted by Crippen LogP contribution is -2.44. The molecule has 7 nitrogen and oxygen atoms in total. The standard InChI is InChI=1S/C12H18ClN3O4S/c1-8-11(21(13,18)19)9(2)16(14-8)10(3)12(17)15-4-6-20-7-5-15/h10H,4-7H2,1-3H3. The van der Waals surface area contributed by atoms with Gasteiger partial charge in [-0.15, -0.1) is 0 Å². The molecule has 118 valence electrons. The van der Waals surface area contributed by atoms with Gasteiger partial charge in [-0.05, 0) is 20.8 Å². The molecule has 1 aromatic rings. The van der Waals surface area contributed by atoms with Gasteiger partial charge in [0.25, 0.3) is 9.05 Å². The van der Waals surface area contributed by atoms with E-state index in [-0.39, 0.29) is 10.8 Å². The minimum Gasteiger partial charge on any atom is -0.378 e. The molecule has 0 saturated carbocycles. The fourth-order valence-electron chi connectivity index (χ4n) is 2.53. The van der Waals surface area contributed by atoms with Crippen molar-refractivity contribution in [3.8, 4) is 0 Å². The Bertz CT molecular complexity index is 650. The Morgan fingerprint density at radius 1 is 1.33 bits per heavy atom. The Balaban J connectivity index is 2.31. The summed E-state index contributed by atoms with van der Waals surface area (Å²) in [6.07, 6.45) is 0. The van der Waals surface area contributed by atoms with Crippen LogP contribution in [0.2, 0.25) is 0 Å². The lowest BCUT2D eigenvalue weighted by molar-refractivity contribution is -0.138. The van der Waals surface area contributed by atoms with Crippen LogP contribution >= 0.6 is 10.7 Å². The maximum atomic E-state index is 12.4. The second-order valence-electron chi connectivity index (χ2n) is 5.00. The van der Waals surface area contributed by atoms with Gasteiger partial charge in [-0.1, -0.05) is 0 Å². The zero-order valence-corrected chi connectivity index (χ0v) is 13.7. The van der Waals surface area contributed by atoms with E-state index in [1.807, 2.05) is 0 Å². The quantitative estimate of drug-likeness (QED) is 0.765. The highest BCUT2D eigenvalue weighted by Crippen LogP contribution is 2.26. The van der Waals surface area contributed by atoms with Crippen molar-refractivity contribution >= 4 is 25.6 Å². The van der Waals surface area contributed by atoms with E-state index >= 15 is 0 Å². The average Bonchev–Trinajstić information content (AvgIpc) is 2.73. The number of carbonyl (C=O) groups is 1. The number of nitrogens with zero attached hydrogens (tertiary/aromatic N) is 3. The molecule has 1 aliphatic rings. The monoisotopic (exact) mass is 335 g/mol. The van der Waals surface area contributed by atoms with Crippen LogP contribution in [0.4, 0.5) is 0 Å². The molecule has 9 heteroatoms.